The fraction of sp³-hybridized carbons (Fsp3) is 0.632. The van der Waals surface area contributed by atoms with Crippen molar-refractivity contribution in [3.8, 4) is 5.75 Å². The molecule has 1 aromatic rings. The van der Waals surface area contributed by atoms with Gasteiger partial charge >= 0.3 is 0 Å². The second-order valence-electron chi connectivity index (χ2n) is 7.11. The molecule has 25 heavy (non-hydrogen) atoms. The number of nitrogens with one attached hydrogen (secondary N) is 2. The van der Waals surface area contributed by atoms with Crippen molar-refractivity contribution in [3.05, 3.63) is 30.1 Å². The fourth-order valence-electron chi connectivity index (χ4n) is 3.01. The molecule has 0 aromatic heterocycles. The molecule has 0 bridgehead atoms. The highest BCUT2D eigenvalue weighted by atomic mass is 19.1. The van der Waals surface area contributed by atoms with Gasteiger partial charge in [0, 0.05) is 32.2 Å². The van der Waals surface area contributed by atoms with Crippen molar-refractivity contribution < 1.29 is 9.13 Å². The number of guanidine groups is 1. The van der Waals surface area contributed by atoms with Crippen molar-refractivity contribution in [1.29, 1.82) is 0 Å². The minimum absolute atomic E-state index is 0.0582. The summed E-state index contributed by atoms with van der Waals surface area (Å²) in [5.74, 6) is 1.77. The molecule has 1 aliphatic rings. The Morgan fingerprint density at radius 1 is 1.28 bits per heavy atom. The van der Waals surface area contributed by atoms with E-state index in [1.165, 1.54) is 12.1 Å². The zero-order valence-corrected chi connectivity index (χ0v) is 15.9. The highest BCUT2D eigenvalue weighted by molar-refractivity contribution is 5.80. The summed E-state index contributed by atoms with van der Waals surface area (Å²) in [4.78, 5) is 6.80. The van der Waals surface area contributed by atoms with Crippen molar-refractivity contribution in [2.45, 2.75) is 45.9 Å². The van der Waals surface area contributed by atoms with Crippen LogP contribution in [0.3, 0.4) is 0 Å². The zero-order chi connectivity index (χ0) is 18.4. The Hall–Kier alpha value is -1.82. The third-order valence-corrected chi connectivity index (χ3v) is 4.62. The lowest BCUT2D eigenvalue weighted by Crippen LogP contribution is -2.48. The number of ether oxygens (including phenoxy) is 1. The minimum Gasteiger partial charge on any atom is -0.489 e. The van der Waals surface area contributed by atoms with E-state index in [9.17, 15) is 4.39 Å². The highest BCUT2D eigenvalue weighted by Gasteiger charge is 2.31. The molecular formula is C19H31FN4O. The Morgan fingerprint density at radius 2 is 1.96 bits per heavy atom. The largest absolute Gasteiger partial charge is 0.489 e. The first-order valence-electron chi connectivity index (χ1n) is 9.02. The first-order chi connectivity index (χ1) is 11.9. The Morgan fingerprint density at radius 3 is 2.52 bits per heavy atom. The third kappa shape index (κ3) is 5.88. The van der Waals surface area contributed by atoms with Crippen molar-refractivity contribution in [1.82, 2.24) is 15.5 Å². The maximum absolute atomic E-state index is 12.9. The molecule has 1 aromatic carbocycles. The normalized spacial score (nSPS) is 22.9. The molecule has 3 atom stereocenters. The van der Waals surface area contributed by atoms with Gasteiger partial charge in [-0.05, 0) is 51.0 Å². The van der Waals surface area contributed by atoms with Crippen LogP contribution in [0.25, 0.3) is 0 Å². The van der Waals surface area contributed by atoms with E-state index in [0.29, 0.717) is 30.3 Å². The smallest absolute Gasteiger partial charge is 0.191 e. The average Bonchev–Trinajstić information content (AvgIpc) is 2.94. The van der Waals surface area contributed by atoms with Gasteiger partial charge in [0.25, 0.3) is 0 Å². The second-order valence-corrected chi connectivity index (χ2v) is 7.11. The van der Waals surface area contributed by atoms with E-state index in [0.717, 1.165) is 19.0 Å². The van der Waals surface area contributed by atoms with Crippen molar-refractivity contribution in [2.75, 3.05) is 26.7 Å². The topological polar surface area (TPSA) is 48.9 Å². The molecule has 0 spiro atoms. The Kier molecular flexibility index (Phi) is 7.05. The van der Waals surface area contributed by atoms with Gasteiger partial charge in [0.05, 0.1) is 6.54 Å². The summed E-state index contributed by atoms with van der Waals surface area (Å²) in [7, 11) is 1.78. The third-order valence-electron chi connectivity index (χ3n) is 4.62. The standard InChI is InChI=1S/C19H31FN4O/c1-13(2)24-11-14(3)18(12-24)23-19(21-5)22-10-15(4)25-17-8-6-16(20)7-9-17/h6-9,13-15,18H,10-12H2,1-5H3,(H2,21,22,23). The van der Waals surface area contributed by atoms with Crippen LogP contribution in [0, 0.1) is 11.7 Å². The van der Waals surface area contributed by atoms with Crippen molar-refractivity contribution >= 4 is 5.96 Å². The zero-order valence-electron chi connectivity index (χ0n) is 15.9. The van der Waals surface area contributed by atoms with Gasteiger partial charge < -0.3 is 15.4 Å². The van der Waals surface area contributed by atoms with Crippen LogP contribution in [0.2, 0.25) is 0 Å². The number of rotatable bonds is 6. The predicted octanol–water partition coefficient (Wildman–Crippen LogP) is 2.49. The van der Waals surface area contributed by atoms with Gasteiger partial charge in [0.15, 0.2) is 5.96 Å². The van der Waals surface area contributed by atoms with Crippen LogP contribution in [-0.4, -0.2) is 55.7 Å². The number of hydrogen-bond donors (Lipinski definition) is 2. The van der Waals surface area contributed by atoms with Gasteiger partial charge in [-0.1, -0.05) is 6.92 Å². The Balaban J connectivity index is 1.79. The minimum atomic E-state index is -0.260. The van der Waals surface area contributed by atoms with E-state index < -0.39 is 0 Å². The molecule has 0 aliphatic carbocycles. The van der Waals surface area contributed by atoms with E-state index in [4.69, 9.17) is 4.74 Å². The summed E-state index contributed by atoms with van der Waals surface area (Å²) >= 11 is 0. The number of nitrogens with zero attached hydrogens (tertiary/aromatic N) is 2. The molecule has 1 fully saturated rings. The summed E-state index contributed by atoms with van der Waals surface area (Å²) in [5.41, 5.74) is 0. The van der Waals surface area contributed by atoms with Crippen LogP contribution in [0.4, 0.5) is 4.39 Å². The maximum atomic E-state index is 12.9. The number of aliphatic imine (C=N–C) groups is 1. The molecule has 1 aliphatic heterocycles. The van der Waals surface area contributed by atoms with E-state index in [2.05, 4.69) is 41.3 Å². The Labute approximate surface area is 150 Å². The summed E-state index contributed by atoms with van der Waals surface area (Å²) in [6.45, 7) is 11.5. The molecule has 0 saturated carbocycles. The van der Waals surface area contributed by atoms with E-state index in [1.54, 1.807) is 19.2 Å². The Bertz CT molecular complexity index is 561. The summed E-state index contributed by atoms with van der Waals surface area (Å²) in [6, 6.07) is 7.03. The van der Waals surface area contributed by atoms with Crippen LogP contribution in [0.1, 0.15) is 27.7 Å². The number of halogens is 1. The fourth-order valence-corrected chi connectivity index (χ4v) is 3.01. The lowest BCUT2D eigenvalue weighted by Gasteiger charge is -2.23. The van der Waals surface area contributed by atoms with Gasteiger partial charge in [-0.3, -0.25) is 9.89 Å². The molecule has 0 amide bonds. The summed E-state index contributed by atoms with van der Waals surface area (Å²) in [5, 5.41) is 6.83. The molecule has 5 nitrogen and oxygen atoms in total. The molecule has 3 unspecified atom stereocenters. The maximum Gasteiger partial charge on any atom is 0.191 e. The van der Waals surface area contributed by atoms with Gasteiger partial charge in [0.2, 0.25) is 0 Å². The van der Waals surface area contributed by atoms with E-state index >= 15 is 0 Å². The summed E-state index contributed by atoms with van der Waals surface area (Å²) in [6.07, 6.45) is -0.0582. The first-order valence-corrected chi connectivity index (χ1v) is 9.02. The lowest BCUT2D eigenvalue weighted by atomic mass is 10.1. The van der Waals surface area contributed by atoms with Gasteiger partial charge in [-0.15, -0.1) is 0 Å². The molecule has 2 N–H and O–H groups in total. The van der Waals surface area contributed by atoms with Crippen LogP contribution < -0.4 is 15.4 Å². The van der Waals surface area contributed by atoms with Crippen LogP contribution in [-0.2, 0) is 0 Å². The monoisotopic (exact) mass is 350 g/mol. The van der Waals surface area contributed by atoms with E-state index in [-0.39, 0.29) is 11.9 Å². The predicted molar refractivity (Wildman–Crippen MR) is 101 cm³/mol. The van der Waals surface area contributed by atoms with Gasteiger partial charge in [0.1, 0.15) is 17.7 Å². The van der Waals surface area contributed by atoms with Crippen molar-refractivity contribution in [2.24, 2.45) is 10.9 Å². The van der Waals surface area contributed by atoms with Crippen LogP contribution in [0.15, 0.2) is 29.3 Å². The molecular weight excluding hydrogens is 319 g/mol. The molecule has 140 valence electrons. The number of likely N-dealkylation sites (tertiary alicyclic amines) is 1. The lowest BCUT2D eigenvalue weighted by molar-refractivity contribution is 0.223. The molecule has 1 heterocycles. The van der Waals surface area contributed by atoms with Crippen molar-refractivity contribution in [3.63, 3.8) is 0 Å². The SMILES string of the molecule is CN=C(NCC(C)Oc1ccc(F)cc1)NC1CN(C(C)C)CC1C. The van der Waals surface area contributed by atoms with E-state index in [1.807, 2.05) is 6.92 Å². The quantitative estimate of drug-likeness (QED) is 0.611. The van der Waals surface area contributed by atoms with Crippen LogP contribution >= 0.6 is 0 Å². The first kappa shape index (κ1) is 19.5. The summed E-state index contributed by atoms with van der Waals surface area (Å²) < 4.78 is 18.7. The average molecular weight is 350 g/mol. The molecule has 6 heteroatoms. The molecule has 1 saturated heterocycles. The van der Waals surface area contributed by atoms with Gasteiger partial charge in [-0.25, -0.2) is 4.39 Å². The number of hydrogen-bond acceptors (Lipinski definition) is 3. The molecule has 2 rings (SSSR count). The van der Waals surface area contributed by atoms with Gasteiger partial charge in [-0.2, -0.15) is 0 Å². The highest BCUT2D eigenvalue weighted by Crippen LogP contribution is 2.18. The molecule has 0 radical (unpaired) electrons. The van der Waals surface area contributed by atoms with Crippen LogP contribution in [0.5, 0.6) is 5.75 Å². The second kappa shape index (κ2) is 9.04. The number of benzene rings is 1.